The average molecular weight is 426 g/mol. The van der Waals surface area contributed by atoms with E-state index < -0.39 is 29.6 Å². The Labute approximate surface area is 178 Å². The normalized spacial score (nSPS) is 12.1. The van der Waals surface area contributed by atoms with E-state index in [9.17, 15) is 22.8 Å². The number of carbonyl (C=O) groups is 2. The molecule has 0 fully saturated rings. The maximum absolute atomic E-state index is 12.9. The highest BCUT2D eigenvalue weighted by molar-refractivity contribution is 5.97. The molecule has 0 spiro atoms. The highest BCUT2D eigenvalue weighted by Crippen LogP contribution is 2.29. The lowest BCUT2D eigenvalue weighted by Gasteiger charge is -2.19. The third kappa shape index (κ3) is 6.44. The van der Waals surface area contributed by atoms with Gasteiger partial charge in [-0.15, -0.1) is 0 Å². The zero-order chi connectivity index (χ0) is 22.3. The van der Waals surface area contributed by atoms with Crippen LogP contribution in [-0.4, -0.2) is 17.9 Å². The van der Waals surface area contributed by atoms with Crippen molar-refractivity contribution >= 4 is 11.8 Å². The molecule has 0 radical (unpaired) electrons. The van der Waals surface area contributed by atoms with E-state index >= 15 is 0 Å². The molecule has 3 rings (SSSR count). The number of amides is 2. The lowest BCUT2D eigenvalue weighted by atomic mass is 10.0. The number of nitrogens with one attached hydrogen (secondary N) is 2. The van der Waals surface area contributed by atoms with E-state index in [1.165, 1.54) is 12.1 Å². The standard InChI is InChI=1S/C24H21F3N2O2/c25-24(26,27)20-13-7-10-18(14-20)16-28-23(31)21(15-17-8-3-1-4-9-17)29-22(30)19-11-5-2-6-12-19/h1-14,21H,15-16H2,(H,28,31)(H,29,30). The second-order valence-corrected chi connectivity index (χ2v) is 7.00. The van der Waals surface area contributed by atoms with Crippen LogP contribution in [-0.2, 0) is 23.9 Å². The summed E-state index contributed by atoms with van der Waals surface area (Å²) in [5.74, 6) is -0.888. The van der Waals surface area contributed by atoms with Gasteiger partial charge in [0.2, 0.25) is 5.91 Å². The van der Waals surface area contributed by atoms with Crippen LogP contribution in [0.25, 0.3) is 0 Å². The number of alkyl halides is 3. The van der Waals surface area contributed by atoms with Gasteiger partial charge in [-0.1, -0.05) is 60.7 Å². The smallest absolute Gasteiger partial charge is 0.350 e. The lowest BCUT2D eigenvalue weighted by molar-refractivity contribution is -0.137. The lowest BCUT2D eigenvalue weighted by Crippen LogP contribution is -2.47. The Morgan fingerprint density at radius 3 is 2.06 bits per heavy atom. The van der Waals surface area contributed by atoms with Crippen LogP contribution in [0.5, 0.6) is 0 Å². The van der Waals surface area contributed by atoms with Crippen molar-refractivity contribution in [2.75, 3.05) is 0 Å². The average Bonchev–Trinajstić information content (AvgIpc) is 2.78. The summed E-state index contributed by atoms with van der Waals surface area (Å²) in [6.45, 7) is -0.0880. The van der Waals surface area contributed by atoms with Crippen molar-refractivity contribution in [1.29, 1.82) is 0 Å². The van der Waals surface area contributed by atoms with Crippen LogP contribution in [0, 0.1) is 0 Å². The van der Waals surface area contributed by atoms with Gasteiger partial charge in [-0.25, -0.2) is 0 Å². The van der Waals surface area contributed by atoms with Gasteiger partial charge in [0.05, 0.1) is 5.56 Å². The van der Waals surface area contributed by atoms with Crippen LogP contribution < -0.4 is 10.6 Å². The maximum Gasteiger partial charge on any atom is 0.416 e. The van der Waals surface area contributed by atoms with Gasteiger partial charge in [-0.2, -0.15) is 13.2 Å². The summed E-state index contributed by atoms with van der Waals surface area (Å²) >= 11 is 0. The van der Waals surface area contributed by atoms with E-state index in [4.69, 9.17) is 0 Å². The van der Waals surface area contributed by atoms with Crippen LogP contribution in [0.1, 0.15) is 27.0 Å². The van der Waals surface area contributed by atoms with Crippen LogP contribution in [0.2, 0.25) is 0 Å². The third-order valence-electron chi connectivity index (χ3n) is 4.66. The minimum absolute atomic E-state index is 0.0880. The van der Waals surface area contributed by atoms with Crippen LogP contribution in [0.15, 0.2) is 84.9 Å². The largest absolute Gasteiger partial charge is 0.416 e. The number of halogens is 3. The van der Waals surface area contributed by atoms with Gasteiger partial charge in [-0.3, -0.25) is 9.59 Å². The van der Waals surface area contributed by atoms with E-state index in [1.807, 2.05) is 30.3 Å². The summed E-state index contributed by atoms with van der Waals surface area (Å²) < 4.78 is 38.7. The van der Waals surface area contributed by atoms with Crippen molar-refractivity contribution in [3.8, 4) is 0 Å². The predicted molar refractivity (Wildman–Crippen MR) is 111 cm³/mol. The first-order valence-electron chi connectivity index (χ1n) is 9.66. The maximum atomic E-state index is 12.9. The molecule has 0 aliphatic rings. The fourth-order valence-electron chi connectivity index (χ4n) is 3.06. The molecule has 3 aromatic rings. The Bertz CT molecular complexity index is 1020. The molecule has 3 aromatic carbocycles. The van der Waals surface area contributed by atoms with Crippen molar-refractivity contribution in [3.63, 3.8) is 0 Å². The zero-order valence-corrected chi connectivity index (χ0v) is 16.5. The number of rotatable bonds is 7. The first-order valence-corrected chi connectivity index (χ1v) is 9.66. The van der Waals surface area contributed by atoms with Gasteiger partial charge in [-0.05, 0) is 35.4 Å². The second kappa shape index (κ2) is 9.93. The molecule has 2 N–H and O–H groups in total. The second-order valence-electron chi connectivity index (χ2n) is 7.00. The molecule has 7 heteroatoms. The fraction of sp³-hybridized carbons (Fsp3) is 0.167. The predicted octanol–water partition coefficient (Wildman–Crippen LogP) is 4.36. The van der Waals surface area contributed by atoms with Crippen LogP contribution in [0.3, 0.4) is 0 Å². The van der Waals surface area contributed by atoms with E-state index in [0.29, 0.717) is 11.1 Å². The molecular formula is C24H21F3N2O2. The SMILES string of the molecule is O=C(NC(Cc1ccccc1)C(=O)NCc1cccc(C(F)(F)F)c1)c1ccccc1. The zero-order valence-electron chi connectivity index (χ0n) is 16.5. The Morgan fingerprint density at radius 2 is 1.42 bits per heavy atom. The molecule has 1 atom stereocenters. The minimum Gasteiger partial charge on any atom is -0.350 e. The Morgan fingerprint density at radius 1 is 0.806 bits per heavy atom. The summed E-state index contributed by atoms with van der Waals surface area (Å²) in [6, 6.07) is 21.5. The number of carbonyl (C=O) groups excluding carboxylic acids is 2. The van der Waals surface area contributed by atoms with Gasteiger partial charge < -0.3 is 10.6 Å². The van der Waals surface area contributed by atoms with Crippen molar-refractivity contribution < 1.29 is 22.8 Å². The van der Waals surface area contributed by atoms with Gasteiger partial charge >= 0.3 is 6.18 Å². The summed E-state index contributed by atoms with van der Waals surface area (Å²) in [4.78, 5) is 25.4. The van der Waals surface area contributed by atoms with Crippen LogP contribution in [0.4, 0.5) is 13.2 Å². The summed E-state index contributed by atoms with van der Waals surface area (Å²) in [5, 5.41) is 5.36. The first kappa shape index (κ1) is 22.1. The Balaban J connectivity index is 1.72. The van der Waals surface area contributed by atoms with Gasteiger partial charge in [0, 0.05) is 18.5 Å². The van der Waals surface area contributed by atoms with Gasteiger partial charge in [0.15, 0.2) is 0 Å². The van der Waals surface area contributed by atoms with Gasteiger partial charge in [0.25, 0.3) is 5.91 Å². The van der Waals surface area contributed by atoms with Crippen molar-refractivity contribution in [3.05, 3.63) is 107 Å². The fourth-order valence-corrected chi connectivity index (χ4v) is 3.06. The molecule has 0 saturated heterocycles. The quantitative estimate of drug-likeness (QED) is 0.590. The number of benzene rings is 3. The molecule has 4 nitrogen and oxygen atoms in total. The minimum atomic E-state index is -4.46. The Hall–Kier alpha value is -3.61. The van der Waals surface area contributed by atoms with E-state index in [1.54, 1.807) is 30.3 Å². The van der Waals surface area contributed by atoms with E-state index in [0.717, 1.165) is 17.7 Å². The van der Waals surface area contributed by atoms with E-state index in [-0.39, 0.29) is 13.0 Å². The molecule has 1 unspecified atom stereocenters. The molecule has 0 aliphatic heterocycles. The highest BCUT2D eigenvalue weighted by Gasteiger charge is 2.30. The molecule has 0 aromatic heterocycles. The topological polar surface area (TPSA) is 58.2 Å². The molecular weight excluding hydrogens is 405 g/mol. The monoisotopic (exact) mass is 426 g/mol. The number of hydrogen-bond acceptors (Lipinski definition) is 2. The molecule has 0 aliphatic carbocycles. The van der Waals surface area contributed by atoms with Gasteiger partial charge in [0.1, 0.15) is 6.04 Å². The molecule has 2 amide bonds. The summed E-state index contributed by atoms with van der Waals surface area (Å²) in [6.07, 6.45) is -4.21. The summed E-state index contributed by atoms with van der Waals surface area (Å²) in [5.41, 5.74) is 0.787. The van der Waals surface area contributed by atoms with Crippen molar-refractivity contribution in [2.45, 2.75) is 25.2 Å². The summed E-state index contributed by atoms with van der Waals surface area (Å²) in [7, 11) is 0. The third-order valence-corrected chi connectivity index (χ3v) is 4.66. The van der Waals surface area contributed by atoms with Crippen molar-refractivity contribution in [2.24, 2.45) is 0 Å². The Kier molecular flexibility index (Phi) is 7.07. The number of hydrogen-bond donors (Lipinski definition) is 2. The van der Waals surface area contributed by atoms with E-state index in [2.05, 4.69) is 10.6 Å². The first-order chi connectivity index (χ1) is 14.8. The molecule has 0 saturated carbocycles. The molecule has 0 bridgehead atoms. The molecule has 160 valence electrons. The molecule has 0 heterocycles. The highest BCUT2D eigenvalue weighted by atomic mass is 19.4. The molecule has 31 heavy (non-hydrogen) atoms. The van der Waals surface area contributed by atoms with Crippen LogP contribution >= 0.6 is 0 Å². The van der Waals surface area contributed by atoms with Crippen molar-refractivity contribution in [1.82, 2.24) is 10.6 Å².